The van der Waals surface area contributed by atoms with Crippen molar-refractivity contribution in [2.45, 2.75) is 19.9 Å². The average Bonchev–Trinajstić information content (AvgIpc) is 2.77. The maximum Gasteiger partial charge on any atom is 0.125 e. The highest BCUT2D eigenvalue weighted by Crippen LogP contribution is 2.22. The van der Waals surface area contributed by atoms with Gasteiger partial charge in [-0.2, -0.15) is 0 Å². The van der Waals surface area contributed by atoms with Gasteiger partial charge in [-0.3, -0.25) is 0 Å². The SMILES string of the molecule is Cc1cc(NC(C)c2ccco2)cnc1Br. The molecule has 0 spiro atoms. The summed E-state index contributed by atoms with van der Waals surface area (Å²) in [4.78, 5) is 4.24. The van der Waals surface area contributed by atoms with Gasteiger partial charge < -0.3 is 9.73 Å². The monoisotopic (exact) mass is 280 g/mol. The number of furan rings is 1. The molecule has 0 aliphatic rings. The summed E-state index contributed by atoms with van der Waals surface area (Å²) in [5.41, 5.74) is 2.10. The third-order valence-electron chi connectivity index (χ3n) is 2.37. The summed E-state index contributed by atoms with van der Waals surface area (Å²) in [5.74, 6) is 0.917. The zero-order valence-corrected chi connectivity index (χ0v) is 10.8. The van der Waals surface area contributed by atoms with Crippen LogP contribution < -0.4 is 5.32 Å². The van der Waals surface area contributed by atoms with Gasteiger partial charge in [-0.25, -0.2) is 4.98 Å². The first kappa shape index (κ1) is 11.2. The number of nitrogens with one attached hydrogen (secondary N) is 1. The number of hydrogen-bond acceptors (Lipinski definition) is 3. The van der Waals surface area contributed by atoms with Crippen LogP contribution in [0.25, 0.3) is 0 Å². The fraction of sp³-hybridized carbons (Fsp3) is 0.250. The third kappa shape index (κ3) is 2.44. The standard InChI is InChI=1S/C12H13BrN2O/c1-8-6-10(7-14-12(8)13)15-9(2)11-4-3-5-16-11/h3-7,9,15H,1-2H3. The normalized spacial score (nSPS) is 12.4. The highest BCUT2D eigenvalue weighted by Gasteiger charge is 2.08. The molecule has 1 N–H and O–H groups in total. The van der Waals surface area contributed by atoms with Crippen molar-refractivity contribution in [3.05, 3.63) is 46.6 Å². The van der Waals surface area contributed by atoms with Crippen LogP contribution >= 0.6 is 15.9 Å². The largest absolute Gasteiger partial charge is 0.467 e. The predicted molar refractivity (Wildman–Crippen MR) is 67.4 cm³/mol. The van der Waals surface area contributed by atoms with E-state index in [1.165, 1.54) is 0 Å². The molecule has 0 saturated carbocycles. The van der Waals surface area contributed by atoms with Gasteiger partial charge in [0, 0.05) is 0 Å². The molecule has 2 aromatic rings. The van der Waals surface area contributed by atoms with Crippen LogP contribution in [-0.2, 0) is 0 Å². The first-order valence-corrected chi connectivity index (χ1v) is 5.88. The Morgan fingerprint density at radius 1 is 1.50 bits per heavy atom. The van der Waals surface area contributed by atoms with Crippen molar-refractivity contribution >= 4 is 21.6 Å². The predicted octanol–water partition coefficient (Wildman–Crippen LogP) is 3.92. The molecule has 0 saturated heterocycles. The second-order valence-corrected chi connectivity index (χ2v) is 4.46. The lowest BCUT2D eigenvalue weighted by atomic mass is 10.2. The molecular weight excluding hydrogens is 268 g/mol. The first-order valence-electron chi connectivity index (χ1n) is 5.09. The molecule has 2 heterocycles. The van der Waals surface area contributed by atoms with Crippen LogP contribution in [0.3, 0.4) is 0 Å². The van der Waals surface area contributed by atoms with Crippen LogP contribution in [0.1, 0.15) is 24.3 Å². The number of hydrogen-bond donors (Lipinski definition) is 1. The van der Waals surface area contributed by atoms with E-state index in [2.05, 4.69) is 39.2 Å². The molecule has 0 radical (unpaired) electrons. The molecule has 0 aromatic carbocycles. The van der Waals surface area contributed by atoms with Crippen molar-refractivity contribution in [2.24, 2.45) is 0 Å². The lowest BCUT2D eigenvalue weighted by Gasteiger charge is -2.13. The van der Waals surface area contributed by atoms with Crippen molar-refractivity contribution in [1.29, 1.82) is 0 Å². The van der Waals surface area contributed by atoms with Gasteiger partial charge in [0.1, 0.15) is 10.4 Å². The Labute approximate surface area is 103 Å². The summed E-state index contributed by atoms with van der Waals surface area (Å²) in [6.07, 6.45) is 3.48. The Bertz CT molecular complexity index is 468. The molecule has 0 fully saturated rings. The number of pyridine rings is 1. The Morgan fingerprint density at radius 2 is 2.31 bits per heavy atom. The van der Waals surface area contributed by atoms with Crippen LogP contribution in [0.15, 0.2) is 39.7 Å². The Kier molecular flexibility index (Phi) is 3.29. The van der Waals surface area contributed by atoms with Crippen LogP contribution in [0.5, 0.6) is 0 Å². The topological polar surface area (TPSA) is 38.1 Å². The third-order valence-corrected chi connectivity index (χ3v) is 3.20. The van der Waals surface area contributed by atoms with E-state index in [4.69, 9.17) is 4.42 Å². The summed E-state index contributed by atoms with van der Waals surface area (Å²) in [6, 6.07) is 6.03. The van der Waals surface area contributed by atoms with Gasteiger partial charge >= 0.3 is 0 Å². The molecule has 16 heavy (non-hydrogen) atoms. The van der Waals surface area contributed by atoms with E-state index in [1.54, 1.807) is 12.5 Å². The van der Waals surface area contributed by atoms with Crippen LogP contribution in [0.2, 0.25) is 0 Å². The van der Waals surface area contributed by atoms with Crippen molar-refractivity contribution in [2.75, 3.05) is 5.32 Å². The van der Waals surface area contributed by atoms with Gasteiger partial charge in [0.15, 0.2) is 0 Å². The summed E-state index contributed by atoms with van der Waals surface area (Å²) >= 11 is 3.38. The number of aryl methyl sites for hydroxylation is 1. The molecule has 84 valence electrons. The average molecular weight is 281 g/mol. The minimum absolute atomic E-state index is 0.136. The second kappa shape index (κ2) is 4.70. The van der Waals surface area contributed by atoms with E-state index in [9.17, 15) is 0 Å². The minimum atomic E-state index is 0.136. The quantitative estimate of drug-likeness (QED) is 0.866. The maximum absolute atomic E-state index is 5.33. The molecule has 2 aromatic heterocycles. The summed E-state index contributed by atoms with van der Waals surface area (Å²) in [5, 5.41) is 3.34. The summed E-state index contributed by atoms with van der Waals surface area (Å²) in [6.45, 7) is 4.07. The van der Waals surface area contributed by atoms with E-state index in [0.717, 1.165) is 21.6 Å². The van der Waals surface area contributed by atoms with Gasteiger partial charge in [0.05, 0.1) is 24.2 Å². The molecular formula is C12H13BrN2O. The minimum Gasteiger partial charge on any atom is -0.467 e. The number of nitrogens with zero attached hydrogens (tertiary/aromatic N) is 1. The highest BCUT2D eigenvalue weighted by molar-refractivity contribution is 9.10. The van der Waals surface area contributed by atoms with Gasteiger partial charge in [-0.15, -0.1) is 0 Å². The molecule has 0 aliphatic carbocycles. The molecule has 3 nitrogen and oxygen atoms in total. The molecule has 1 unspecified atom stereocenters. The summed E-state index contributed by atoms with van der Waals surface area (Å²) in [7, 11) is 0. The lowest BCUT2D eigenvalue weighted by molar-refractivity contribution is 0.490. The fourth-order valence-corrected chi connectivity index (χ4v) is 1.71. The molecule has 1 atom stereocenters. The smallest absolute Gasteiger partial charge is 0.125 e. The van der Waals surface area contributed by atoms with Crippen molar-refractivity contribution in [1.82, 2.24) is 4.98 Å². The number of anilines is 1. The molecule has 2 rings (SSSR count). The van der Waals surface area contributed by atoms with Gasteiger partial charge in [-0.05, 0) is 53.5 Å². The van der Waals surface area contributed by atoms with E-state index in [0.29, 0.717) is 0 Å². The van der Waals surface area contributed by atoms with E-state index < -0.39 is 0 Å². The van der Waals surface area contributed by atoms with Gasteiger partial charge in [0.25, 0.3) is 0 Å². The molecule has 4 heteroatoms. The lowest BCUT2D eigenvalue weighted by Crippen LogP contribution is -2.06. The van der Waals surface area contributed by atoms with Crippen molar-refractivity contribution < 1.29 is 4.42 Å². The van der Waals surface area contributed by atoms with Gasteiger partial charge in [0.2, 0.25) is 0 Å². The maximum atomic E-state index is 5.33. The molecule has 0 bridgehead atoms. The zero-order valence-electron chi connectivity index (χ0n) is 9.20. The number of rotatable bonds is 3. The highest BCUT2D eigenvalue weighted by atomic mass is 79.9. The molecule has 0 amide bonds. The van der Waals surface area contributed by atoms with Crippen molar-refractivity contribution in [3.8, 4) is 0 Å². The van der Waals surface area contributed by atoms with Crippen molar-refractivity contribution in [3.63, 3.8) is 0 Å². The van der Waals surface area contributed by atoms with E-state index in [-0.39, 0.29) is 6.04 Å². The fourth-order valence-electron chi connectivity index (χ4n) is 1.50. The van der Waals surface area contributed by atoms with Gasteiger partial charge in [-0.1, -0.05) is 0 Å². The number of halogens is 1. The zero-order chi connectivity index (χ0) is 11.5. The Morgan fingerprint density at radius 3 is 2.94 bits per heavy atom. The number of aromatic nitrogens is 1. The first-order chi connectivity index (χ1) is 7.66. The van der Waals surface area contributed by atoms with E-state index >= 15 is 0 Å². The summed E-state index contributed by atoms with van der Waals surface area (Å²) < 4.78 is 6.21. The van der Waals surface area contributed by atoms with Crippen LogP contribution in [0.4, 0.5) is 5.69 Å². The van der Waals surface area contributed by atoms with E-state index in [1.807, 2.05) is 19.1 Å². The Hall–Kier alpha value is -1.29. The van der Waals surface area contributed by atoms with Crippen LogP contribution in [0, 0.1) is 6.92 Å². The molecule has 0 aliphatic heterocycles. The van der Waals surface area contributed by atoms with Crippen LogP contribution in [-0.4, -0.2) is 4.98 Å². The second-order valence-electron chi connectivity index (χ2n) is 3.71. The Balaban J connectivity index is 2.12.